The van der Waals surface area contributed by atoms with Gasteiger partial charge in [0, 0.05) is 31.1 Å². The van der Waals surface area contributed by atoms with Crippen molar-refractivity contribution in [3.63, 3.8) is 0 Å². The Labute approximate surface area is 155 Å². The van der Waals surface area contributed by atoms with Crippen LogP contribution in [0.1, 0.15) is 24.6 Å². The summed E-state index contributed by atoms with van der Waals surface area (Å²) in [6, 6.07) is 3.95. The monoisotopic (exact) mass is 412 g/mol. The highest BCUT2D eigenvalue weighted by atomic mass is 32.2. The molecule has 2 N–H and O–H groups in total. The van der Waals surface area contributed by atoms with Crippen molar-refractivity contribution in [2.24, 2.45) is 10.9 Å². The first-order valence-corrected chi connectivity index (χ1v) is 10.7. The maximum absolute atomic E-state index is 12.6. The van der Waals surface area contributed by atoms with Gasteiger partial charge in [-0.2, -0.15) is 17.5 Å². The van der Waals surface area contributed by atoms with Crippen LogP contribution in [-0.4, -0.2) is 50.4 Å². The summed E-state index contributed by atoms with van der Waals surface area (Å²) in [6.07, 6.45) is 0.763. The fraction of sp³-hybridized carbons (Fsp3) is 0.667. The fourth-order valence-electron chi connectivity index (χ4n) is 2.64. The summed E-state index contributed by atoms with van der Waals surface area (Å²) in [6.45, 7) is 3.50. The van der Waals surface area contributed by atoms with Gasteiger partial charge in [-0.3, -0.25) is 0 Å². The Bertz CT molecular complexity index is 682. The third kappa shape index (κ3) is 5.58. The molecule has 148 valence electrons. The molecule has 0 aromatic carbocycles. The minimum Gasteiger partial charge on any atom is -0.357 e. The van der Waals surface area contributed by atoms with E-state index >= 15 is 0 Å². The molecule has 1 aliphatic rings. The smallest absolute Gasteiger partial charge is 0.357 e. The molecular formula is C15H23F3N4O2S2. The number of guanidine groups is 1. The molecule has 1 aromatic heterocycles. The van der Waals surface area contributed by atoms with Crippen LogP contribution in [0.25, 0.3) is 0 Å². The molecule has 26 heavy (non-hydrogen) atoms. The van der Waals surface area contributed by atoms with Gasteiger partial charge in [-0.15, -0.1) is 11.3 Å². The fourth-order valence-corrected chi connectivity index (χ4v) is 4.25. The predicted octanol–water partition coefficient (Wildman–Crippen LogP) is 2.36. The summed E-state index contributed by atoms with van der Waals surface area (Å²) in [5, 5.41) is 8.30. The molecule has 6 nitrogen and oxygen atoms in total. The number of thiophene rings is 1. The summed E-state index contributed by atoms with van der Waals surface area (Å²) in [5.74, 6) is 0.742. The Morgan fingerprint density at radius 1 is 1.35 bits per heavy atom. The third-order valence-electron chi connectivity index (χ3n) is 4.08. The number of hydrogen-bond donors (Lipinski definition) is 2. The molecule has 1 aromatic rings. The molecular weight excluding hydrogens is 389 g/mol. The van der Waals surface area contributed by atoms with Gasteiger partial charge < -0.3 is 10.6 Å². The van der Waals surface area contributed by atoms with Gasteiger partial charge in [-0.05, 0) is 37.1 Å². The van der Waals surface area contributed by atoms with Gasteiger partial charge in [-0.25, -0.2) is 13.4 Å². The van der Waals surface area contributed by atoms with Gasteiger partial charge in [0.05, 0.1) is 6.54 Å². The van der Waals surface area contributed by atoms with Crippen LogP contribution in [0.5, 0.6) is 0 Å². The second kappa shape index (κ2) is 9.05. The molecule has 0 aliphatic carbocycles. The summed E-state index contributed by atoms with van der Waals surface area (Å²) in [4.78, 5) is 5.61. The molecule has 1 aliphatic heterocycles. The molecule has 1 saturated heterocycles. The first kappa shape index (κ1) is 21.0. The molecule has 0 unspecified atom stereocenters. The Kier molecular flexibility index (Phi) is 7.30. The van der Waals surface area contributed by atoms with Crippen molar-refractivity contribution in [3.8, 4) is 0 Å². The Morgan fingerprint density at radius 2 is 2.04 bits per heavy atom. The van der Waals surface area contributed by atoms with E-state index in [9.17, 15) is 21.6 Å². The zero-order valence-corrected chi connectivity index (χ0v) is 16.1. The Balaban J connectivity index is 1.83. The second-order valence-corrected chi connectivity index (χ2v) is 8.91. The summed E-state index contributed by atoms with van der Waals surface area (Å²) < 4.78 is 61.1. The maximum Gasteiger partial charge on any atom is 0.511 e. The molecule has 1 fully saturated rings. The molecule has 0 spiro atoms. The third-order valence-corrected chi connectivity index (χ3v) is 6.57. The highest BCUT2D eigenvalue weighted by molar-refractivity contribution is 7.90. The average molecular weight is 413 g/mol. The maximum atomic E-state index is 12.6. The van der Waals surface area contributed by atoms with Crippen molar-refractivity contribution in [2.75, 3.05) is 26.2 Å². The predicted molar refractivity (Wildman–Crippen MR) is 96.4 cm³/mol. The topological polar surface area (TPSA) is 73.8 Å². The van der Waals surface area contributed by atoms with Crippen LogP contribution in [-0.2, 0) is 16.6 Å². The zero-order chi connectivity index (χ0) is 19.2. The lowest BCUT2D eigenvalue weighted by Gasteiger charge is -2.31. The first-order valence-electron chi connectivity index (χ1n) is 8.35. The number of nitrogens with one attached hydrogen (secondary N) is 2. The van der Waals surface area contributed by atoms with Gasteiger partial charge in [0.25, 0.3) is 0 Å². The highest BCUT2D eigenvalue weighted by Crippen LogP contribution is 2.30. The molecule has 11 heteroatoms. The van der Waals surface area contributed by atoms with Crippen LogP contribution in [0.15, 0.2) is 22.5 Å². The van der Waals surface area contributed by atoms with Crippen molar-refractivity contribution < 1.29 is 21.6 Å². The van der Waals surface area contributed by atoms with Crippen LogP contribution < -0.4 is 10.6 Å². The minimum atomic E-state index is -5.23. The summed E-state index contributed by atoms with van der Waals surface area (Å²) >= 11 is 1.62. The van der Waals surface area contributed by atoms with E-state index in [1.54, 1.807) is 11.3 Å². The van der Waals surface area contributed by atoms with E-state index in [2.05, 4.69) is 15.6 Å². The second-order valence-electron chi connectivity index (χ2n) is 5.95. The molecule has 0 saturated carbocycles. The van der Waals surface area contributed by atoms with Crippen LogP contribution in [0.4, 0.5) is 13.2 Å². The van der Waals surface area contributed by atoms with E-state index in [1.807, 2.05) is 24.4 Å². The molecule has 0 atom stereocenters. The van der Waals surface area contributed by atoms with E-state index in [0.29, 0.717) is 42.7 Å². The van der Waals surface area contributed by atoms with Crippen LogP contribution in [0, 0.1) is 5.92 Å². The Hall–Kier alpha value is -1.33. The molecule has 0 radical (unpaired) electrons. The van der Waals surface area contributed by atoms with Gasteiger partial charge in [0.1, 0.15) is 0 Å². The van der Waals surface area contributed by atoms with E-state index in [-0.39, 0.29) is 19.0 Å². The SMILES string of the molecule is CCNC(=NCc1cccs1)NCC1CCN(S(=O)(=O)C(F)(F)F)CC1. The van der Waals surface area contributed by atoms with Crippen molar-refractivity contribution in [2.45, 2.75) is 31.8 Å². The summed E-state index contributed by atoms with van der Waals surface area (Å²) in [7, 11) is -5.22. The minimum absolute atomic E-state index is 0.0975. The number of nitrogens with zero attached hydrogens (tertiary/aromatic N) is 2. The number of sulfonamides is 1. The van der Waals surface area contributed by atoms with Gasteiger partial charge in [-0.1, -0.05) is 6.07 Å². The zero-order valence-electron chi connectivity index (χ0n) is 14.4. The van der Waals surface area contributed by atoms with E-state index in [1.165, 1.54) is 0 Å². The summed E-state index contributed by atoms with van der Waals surface area (Å²) in [5.41, 5.74) is -5.23. The van der Waals surface area contributed by atoms with Gasteiger partial charge in [0.2, 0.25) is 0 Å². The van der Waals surface area contributed by atoms with Crippen LogP contribution >= 0.6 is 11.3 Å². The van der Waals surface area contributed by atoms with Crippen molar-refractivity contribution in [1.29, 1.82) is 0 Å². The number of piperidine rings is 1. The highest BCUT2D eigenvalue weighted by Gasteiger charge is 2.50. The van der Waals surface area contributed by atoms with Gasteiger partial charge in [0.15, 0.2) is 5.96 Å². The lowest BCUT2D eigenvalue weighted by molar-refractivity contribution is -0.0496. The number of aliphatic imine (C=N–C) groups is 1. The quantitative estimate of drug-likeness (QED) is 0.556. The van der Waals surface area contributed by atoms with Crippen molar-refractivity contribution in [1.82, 2.24) is 14.9 Å². The first-order chi connectivity index (χ1) is 12.2. The lowest BCUT2D eigenvalue weighted by Crippen LogP contribution is -2.47. The molecule has 2 rings (SSSR count). The average Bonchev–Trinajstić information content (AvgIpc) is 3.10. The number of rotatable bonds is 6. The molecule has 0 bridgehead atoms. The van der Waals surface area contributed by atoms with Crippen LogP contribution in [0.2, 0.25) is 0 Å². The van der Waals surface area contributed by atoms with E-state index < -0.39 is 15.5 Å². The lowest BCUT2D eigenvalue weighted by atomic mass is 9.98. The standard InChI is InChI=1S/C15H23F3N4O2S2/c1-2-19-14(21-11-13-4-3-9-25-13)20-10-12-5-7-22(8-6-12)26(23,24)15(16,17)18/h3-4,9,12H,2,5-8,10-11H2,1H3,(H2,19,20,21). The molecule has 2 heterocycles. The molecule has 0 amide bonds. The van der Waals surface area contributed by atoms with E-state index in [0.717, 1.165) is 4.88 Å². The number of hydrogen-bond acceptors (Lipinski definition) is 4. The van der Waals surface area contributed by atoms with Crippen LogP contribution in [0.3, 0.4) is 0 Å². The Morgan fingerprint density at radius 3 is 2.58 bits per heavy atom. The van der Waals surface area contributed by atoms with Crippen molar-refractivity contribution >= 4 is 27.3 Å². The number of alkyl halides is 3. The van der Waals surface area contributed by atoms with E-state index in [4.69, 9.17) is 0 Å². The van der Waals surface area contributed by atoms with Crippen molar-refractivity contribution in [3.05, 3.63) is 22.4 Å². The normalized spacial score (nSPS) is 18.1. The largest absolute Gasteiger partial charge is 0.511 e. The number of halogens is 3. The van der Waals surface area contributed by atoms with Gasteiger partial charge >= 0.3 is 15.5 Å².